The topological polar surface area (TPSA) is 78.9 Å². The van der Waals surface area contributed by atoms with Crippen LogP contribution in [0.2, 0.25) is 0 Å². The van der Waals surface area contributed by atoms with Crippen LogP contribution in [-0.4, -0.2) is 37.2 Å². The molecule has 0 aliphatic rings. The van der Waals surface area contributed by atoms with Gasteiger partial charge in [0.2, 0.25) is 0 Å². The first-order valence-corrected chi connectivity index (χ1v) is 31.8. The van der Waals surface area contributed by atoms with Gasteiger partial charge in [-0.2, -0.15) is 0 Å². The Morgan fingerprint density at radius 3 is 0.775 bits per heavy atom. The Kier molecular flexibility index (Phi) is 58.6. The van der Waals surface area contributed by atoms with Gasteiger partial charge in [0.15, 0.2) is 6.10 Å². The molecule has 1 unspecified atom stereocenters. The van der Waals surface area contributed by atoms with Crippen LogP contribution < -0.4 is 0 Å². The van der Waals surface area contributed by atoms with Gasteiger partial charge in [-0.1, -0.05) is 308 Å². The summed E-state index contributed by atoms with van der Waals surface area (Å²) in [6, 6.07) is 0. The zero-order valence-electron chi connectivity index (χ0n) is 48.0. The molecule has 0 spiro atoms. The number of rotatable bonds is 59. The van der Waals surface area contributed by atoms with E-state index in [0.717, 1.165) is 64.2 Å². The first-order valence-electron chi connectivity index (χ1n) is 31.8. The van der Waals surface area contributed by atoms with E-state index >= 15 is 0 Å². The van der Waals surface area contributed by atoms with Gasteiger partial charge in [-0.15, -0.1) is 0 Å². The Morgan fingerprint density at radius 2 is 0.507 bits per heavy atom. The van der Waals surface area contributed by atoms with E-state index in [9.17, 15) is 14.4 Å². The Bertz CT molecular complexity index is 1150. The maximum Gasteiger partial charge on any atom is 0.306 e. The Balaban J connectivity index is 4.16. The SMILES string of the molecule is CCCCCCC/C=C\C/C=C\CCCCCCCCCCCCCCCCCC(=O)OCC(COC(=O)CCCCCCCCCCCCCCC)OC(=O)CCCCCCCCCCCCCCC. The molecule has 0 bridgehead atoms. The van der Waals surface area contributed by atoms with Gasteiger partial charge in [0, 0.05) is 19.3 Å². The van der Waals surface area contributed by atoms with Crippen molar-refractivity contribution < 1.29 is 28.6 Å². The highest BCUT2D eigenvalue weighted by atomic mass is 16.6. The summed E-state index contributed by atoms with van der Waals surface area (Å²) in [5, 5.41) is 0. The van der Waals surface area contributed by atoms with Gasteiger partial charge in [0.05, 0.1) is 0 Å². The molecule has 0 saturated carbocycles. The lowest BCUT2D eigenvalue weighted by Gasteiger charge is -2.18. The van der Waals surface area contributed by atoms with Gasteiger partial charge in [0.25, 0.3) is 0 Å². The number of hydrogen-bond acceptors (Lipinski definition) is 6. The third kappa shape index (κ3) is 58.7. The number of carbonyl (C=O) groups excluding carboxylic acids is 3. The summed E-state index contributed by atoms with van der Waals surface area (Å²) in [7, 11) is 0. The molecular weight excluding hydrogens is 877 g/mol. The summed E-state index contributed by atoms with van der Waals surface area (Å²) in [6.07, 6.45) is 71.9. The number of ether oxygens (including phenoxy) is 3. The fraction of sp³-hybridized carbons (Fsp3) is 0.892. The predicted octanol–water partition coefficient (Wildman–Crippen LogP) is 21.4. The van der Waals surface area contributed by atoms with E-state index < -0.39 is 6.10 Å². The van der Waals surface area contributed by atoms with Crippen molar-refractivity contribution in [2.45, 2.75) is 361 Å². The molecule has 0 amide bonds. The second-order valence-electron chi connectivity index (χ2n) is 21.7. The zero-order valence-corrected chi connectivity index (χ0v) is 48.0. The van der Waals surface area contributed by atoms with Crippen LogP contribution in [0, 0.1) is 0 Å². The molecular formula is C65H122O6. The van der Waals surface area contributed by atoms with Crippen LogP contribution in [-0.2, 0) is 28.6 Å². The molecule has 71 heavy (non-hydrogen) atoms. The molecule has 0 aromatic heterocycles. The number of hydrogen-bond donors (Lipinski definition) is 0. The van der Waals surface area contributed by atoms with Crippen LogP contribution in [0.1, 0.15) is 355 Å². The number of esters is 3. The van der Waals surface area contributed by atoms with Crippen LogP contribution in [0.4, 0.5) is 0 Å². The molecule has 6 heteroatoms. The molecule has 0 radical (unpaired) electrons. The Morgan fingerprint density at radius 1 is 0.282 bits per heavy atom. The summed E-state index contributed by atoms with van der Waals surface area (Å²) in [5.41, 5.74) is 0. The Labute approximate surface area is 443 Å². The highest BCUT2D eigenvalue weighted by Crippen LogP contribution is 2.18. The van der Waals surface area contributed by atoms with Crippen molar-refractivity contribution in [3.8, 4) is 0 Å². The molecule has 0 aromatic rings. The van der Waals surface area contributed by atoms with Crippen LogP contribution >= 0.6 is 0 Å². The normalized spacial score (nSPS) is 12.1. The number of allylic oxidation sites excluding steroid dienone is 4. The fourth-order valence-corrected chi connectivity index (χ4v) is 9.65. The predicted molar refractivity (Wildman–Crippen MR) is 307 cm³/mol. The molecule has 6 nitrogen and oxygen atoms in total. The highest BCUT2D eigenvalue weighted by molar-refractivity contribution is 5.71. The molecule has 0 saturated heterocycles. The van der Waals surface area contributed by atoms with Crippen molar-refractivity contribution >= 4 is 17.9 Å². The molecule has 0 aliphatic carbocycles. The summed E-state index contributed by atoms with van der Waals surface area (Å²) < 4.78 is 16.9. The number of carbonyl (C=O) groups is 3. The molecule has 1 atom stereocenters. The molecule has 0 fully saturated rings. The van der Waals surface area contributed by atoms with Crippen LogP contribution in [0.15, 0.2) is 24.3 Å². The molecule has 418 valence electrons. The van der Waals surface area contributed by atoms with Gasteiger partial charge < -0.3 is 14.2 Å². The minimum atomic E-state index is -0.765. The van der Waals surface area contributed by atoms with E-state index in [4.69, 9.17) is 14.2 Å². The fourth-order valence-electron chi connectivity index (χ4n) is 9.65. The van der Waals surface area contributed by atoms with E-state index in [1.54, 1.807) is 0 Å². The summed E-state index contributed by atoms with van der Waals surface area (Å²) in [5.74, 6) is -0.839. The van der Waals surface area contributed by atoms with E-state index in [1.807, 2.05) is 0 Å². The lowest BCUT2D eigenvalue weighted by atomic mass is 10.0. The average molecular weight is 1000 g/mol. The monoisotopic (exact) mass is 999 g/mol. The maximum atomic E-state index is 12.8. The van der Waals surface area contributed by atoms with Crippen molar-refractivity contribution in [3.63, 3.8) is 0 Å². The first-order chi connectivity index (χ1) is 35.0. The largest absolute Gasteiger partial charge is 0.462 e. The number of unbranched alkanes of at least 4 members (excludes halogenated alkanes) is 44. The minimum absolute atomic E-state index is 0.0643. The van der Waals surface area contributed by atoms with Crippen LogP contribution in [0.5, 0.6) is 0 Å². The zero-order chi connectivity index (χ0) is 51.4. The van der Waals surface area contributed by atoms with E-state index in [-0.39, 0.29) is 31.1 Å². The first kappa shape index (κ1) is 68.9. The van der Waals surface area contributed by atoms with Crippen molar-refractivity contribution in [2.24, 2.45) is 0 Å². The van der Waals surface area contributed by atoms with E-state index in [0.29, 0.717) is 19.3 Å². The van der Waals surface area contributed by atoms with E-state index in [2.05, 4.69) is 45.1 Å². The second kappa shape index (κ2) is 60.4. The van der Waals surface area contributed by atoms with Gasteiger partial charge >= 0.3 is 17.9 Å². The second-order valence-corrected chi connectivity index (χ2v) is 21.7. The van der Waals surface area contributed by atoms with Crippen LogP contribution in [0.3, 0.4) is 0 Å². The van der Waals surface area contributed by atoms with E-state index in [1.165, 1.54) is 250 Å². The van der Waals surface area contributed by atoms with Gasteiger partial charge in [-0.25, -0.2) is 0 Å². The molecule has 0 aromatic carbocycles. The standard InChI is InChI=1S/C65H122O6/c1-4-7-10-13-16-19-22-25-26-27-28-29-30-31-32-33-34-35-36-37-38-41-43-46-49-52-55-58-64(67)70-61-62(71-65(68)59-56-53-50-47-44-40-24-21-18-15-12-9-6-3)60-69-63(66)57-54-51-48-45-42-39-23-20-17-14-11-8-5-2/h22,25,27-28,62H,4-21,23-24,26,29-61H2,1-3H3/b25-22-,28-27-. The van der Waals surface area contributed by atoms with Crippen molar-refractivity contribution in [1.29, 1.82) is 0 Å². The average Bonchev–Trinajstić information content (AvgIpc) is 3.37. The lowest BCUT2D eigenvalue weighted by Crippen LogP contribution is -2.30. The van der Waals surface area contributed by atoms with Crippen molar-refractivity contribution in [2.75, 3.05) is 13.2 Å². The molecule has 0 aliphatic heterocycles. The highest BCUT2D eigenvalue weighted by Gasteiger charge is 2.19. The smallest absolute Gasteiger partial charge is 0.306 e. The van der Waals surface area contributed by atoms with Crippen molar-refractivity contribution in [3.05, 3.63) is 24.3 Å². The van der Waals surface area contributed by atoms with Crippen LogP contribution in [0.25, 0.3) is 0 Å². The van der Waals surface area contributed by atoms with Gasteiger partial charge in [-0.3, -0.25) is 14.4 Å². The summed E-state index contributed by atoms with van der Waals surface area (Å²) >= 11 is 0. The molecule has 0 N–H and O–H groups in total. The van der Waals surface area contributed by atoms with Crippen molar-refractivity contribution in [1.82, 2.24) is 0 Å². The Hall–Kier alpha value is -2.11. The summed E-state index contributed by atoms with van der Waals surface area (Å²) in [4.78, 5) is 38.2. The third-order valence-electron chi connectivity index (χ3n) is 14.5. The lowest BCUT2D eigenvalue weighted by molar-refractivity contribution is -0.167. The third-order valence-corrected chi connectivity index (χ3v) is 14.5. The summed E-state index contributed by atoms with van der Waals surface area (Å²) in [6.45, 7) is 6.69. The quantitative estimate of drug-likeness (QED) is 0.0261. The molecule has 0 heterocycles. The molecule has 0 rings (SSSR count). The minimum Gasteiger partial charge on any atom is -0.462 e. The van der Waals surface area contributed by atoms with Gasteiger partial charge in [-0.05, 0) is 51.4 Å². The van der Waals surface area contributed by atoms with Gasteiger partial charge in [0.1, 0.15) is 13.2 Å². The maximum absolute atomic E-state index is 12.8.